The Morgan fingerprint density at radius 3 is 2.35 bits per heavy atom. The van der Waals surface area contributed by atoms with E-state index in [1.54, 1.807) is 0 Å². The highest BCUT2D eigenvalue weighted by Gasteiger charge is 2.08. The van der Waals surface area contributed by atoms with Gasteiger partial charge in [0.05, 0.1) is 12.5 Å². The average Bonchev–Trinajstić information content (AvgIpc) is 2.76. The van der Waals surface area contributed by atoms with E-state index in [0.717, 1.165) is 5.56 Å². The van der Waals surface area contributed by atoms with Gasteiger partial charge in [0, 0.05) is 5.92 Å². The number of rotatable bonds is 4. The van der Waals surface area contributed by atoms with Crippen molar-refractivity contribution in [3.63, 3.8) is 0 Å². The molecule has 1 nitrogen and oxygen atoms in total. The molecule has 0 heterocycles. The molecular weight excluding hydrogens is 242 g/mol. The van der Waals surface area contributed by atoms with Crippen molar-refractivity contribution < 1.29 is 0 Å². The molecule has 0 fully saturated rings. The molecule has 1 heteroatoms. The molecule has 1 aromatic carbocycles. The lowest BCUT2D eigenvalue weighted by molar-refractivity contribution is 0.615. The van der Waals surface area contributed by atoms with Crippen molar-refractivity contribution in [2.24, 2.45) is 11.8 Å². The largest absolute Gasteiger partial charge is 0.198 e. The van der Waals surface area contributed by atoms with Gasteiger partial charge in [-0.1, -0.05) is 79.8 Å². The standard InChI is InChI=1S/C19H19N/c1-16(19-6-4-2-3-5-7-19)8-9-17-10-12-18(13-11-17)14-15-20/h2-13,16,19H,14H2,1H3/b9-8+. The number of hydrogen-bond donors (Lipinski definition) is 0. The number of nitrogens with zero attached hydrogens (tertiary/aromatic N) is 1. The minimum absolute atomic E-state index is 0.444. The highest BCUT2D eigenvalue weighted by atomic mass is 14.2. The summed E-state index contributed by atoms with van der Waals surface area (Å²) >= 11 is 0. The first-order valence-electron chi connectivity index (χ1n) is 6.95. The highest BCUT2D eigenvalue weighted by Crippen LogP contribution is 2.19. The molecule has 2 rings (SSSR count). The predicted octanol–water partition coefficient (Wildman–Crippen LogP) is 4.70. The van der Waals surface area contributed by atoms with Gasteiger partial charge in [0.1, 0.15) is 0 Å². The van der Waals surface area contributed by atoms with E-state index in [4.69, 9.17) is 5.26 Å². The Morgan fingerprint density at radius 2 is 1.75 bits per heavy atom. The molecule has 1 unspecified atom stereocenters. The van der Waals surface area contributed by atoms with E-state index in [0.29, 0.717) is 18.3 Å². The third kappa shape index (κ3) is 4.10. The fourth-order valence-electron chi connectivity index (χ4n) is 2.16. The maximum atomic E-state index is 8.65. The second-order valence-corrected chi connectivity index (χ2v) is 5.03. The Hall–Kier alpha value is -2.33. The van der Waals surface area contributed by atoms with Crippen LogP contribution in [0, 0.1) is 23.2 Å². The molecule has 100 valence electrons. The van der Waals surface area contributed by atoms with E-state index < -0.39 is 0 Å². The maximum Gasteiger partial charge on any atom is 0.0669 e. The minimum atomic E-state index is 0.444. The van der Waals surface area contributed by atoms with Crippen LogP contribution in [0.2, 0.25) is 0 Å². The first-order chi connectivity index (χ1) is 9.79. The zero-order chi connectivity index (χ0) is 14.2. The van der Waals surface area contributed by atoms with Crippen LogP contribution in [0.5, 0.6) is 0 Å². The van der Waals surface area contributed by atoms with Gasteiger partial charge in [-0.15, -0.1) is 0 Å². The summed E-state index contributed by atoms with van der Waals surface area (Å²) in [6.07, 6.45) is 17.6. The van der Waals surface area contributed by atoms with Crippen LogP contribution in [0.3, 0.4) is 0 Å². The minimum Gasteiger partial charge on any atom is -0.198 e. The van der Waals surface area contributed by atoms with E-state index in [-0.39, 0.29) is 0 Å². The van der Waals surface area contributed by atoms with Gasteiger partial charge in [-0.05, 0) is 17.0 Å². The zero-order valence-electron chi connectivity index (χ0n) is 11.7. The molecule has 20 heavy (non-hydrogen) atoms. The molecule has 0 aromatic heterocycles. The van der Waals surface area contributed by atoms with Gasteiger partial charge in [0.2, 0.25) is 0 Å². The lowest BCUT2D eigenvalue weighted by Gasteiger charge is -2.12. The van der Waals surface area contributed by atoms with Crippen LogP contribution in [0.25, 0.3) is 6.08 Å². The topological polar surface area (TPSA) is 23.8 Å². The number of hydrogen-bond acceptors (Lipinski definition) is 1. The van der Waals surface area contributed by atoms with Gasteiger partial charge < -0.3 is 0 Å². The quantitative estimate of drug-likeness (QED) is 0.770. The maximum absolute atomic E-state index is 8.65. The SMILES string of the molecule is CC(/C=C/c1ccc(CC#N)cc1)C1C=CC=CC=C1. The molecule has 0 aliphatic heterocycles. The lowest BCUT2D eigenvalue weighted by Crippen LogP contribution is -2.02. The second-order valence-electron chi connectivity index (χ2n) is 5.03. The van der Waals surface area contributed by atoms with Gasteiger partial charge in [0.15, 0.2) is 0 Å². The summed E-state index contributed by atoms with van der Waals surface area (Å²) in [5, 5.41) is 8.65. The molecule has 1 aromatic rings. The van der Waals surface area contributed by atoms with Gasteiger partial charge in [-0.3, -0.25) is 0 Å². The van der Waals surface area contributed by atoms with Crippen molar-refractivity contribution in [1.29, 1.82) is 5.26 Å². The Morgan fingerprint density at radius 1 is 1.10 bits per heavy atom. The molecule has 0 radical (unpaired) electrons. The van der Waals surface area contributed by atoms with Crippen LogP contribution in [0.1, 0.15) is 18.1 Å². The van der Waals surface area contributed by atoms with E-state index in [9.17, 15) is 0 Å². The molecule has 0 bridgehead atoms. The molecular formula is C19H19N. The van der Waals surface area contributed by atoms with E-state index in [1.807, 2.05) is 12.1 Å². The Balaban J connectivity index is 1.99. The number of allylic oxidation sites excluding steroid dienone is 7. The first-order valence-corrected chi connectivity index (χ1v) is 6.95. The normalized spacial score (nSPS) is 16.2. The lowest BCUT2D eigenvalue weighted by atomic mass is 9.92. The van der Waals surface area contributed by atoms with Crippen LogP contribution in [-0.2, 0) is 6.42 Å². The van der Waals surface area contributed by atoms with Crippen molar-refractivity contribution >= 4 is 6.08 Å². The van der Waals surface area contributed by atoms with Gasteiger partial charge in [-0.25, -0.2) is 0 Å². The summed E-state index contributed by atoms with van der Waals surface area (Å²) in [5.74, 6) is 0.903. The Bertz CT molecular complexity index is 563. The highest BCUT2D eigenvalue weighted by molar-refractivity contribution is 5.50. The Labute approximate surface area is 121 Å². The van der Waals surface area contributed by atoms with Crippen LogP contribution in [0.15, 0.2) is 66.8 Å². The fraction of sp³-hybridized carbons (Fsp3) is 0.211. The average molecular weight is 261 g/mol. The molecule has 0 saturated carbocycles. The van der Waals surface area contributed by atoms with E-state index in [2.05, 4.69) is 73.7 Å². The summed E-state index contributed by atoms with van der Waals surface area (Å²) < 4.78 is 0. The fourth-order valence-corrected chi connectivity index (χ4v) is 2.16. The van der Waals surface area contributed by atoms with Crippen LogP contribution in [-0.4, -0.2) is 0 Å². The van der Waals surface area contributed by atoms with Crippen molar-refractivity contribution in [3.8, 4) is 6.07 Å². The van der Waals surface area contributed by atoms with E-state index in [1.165, 1.54) is 5.56 Å². The summed E-state index contributed by atoms with van der Waals surface area (Å²) in [6.45, 7) is 2.23. The Kier molecular flexibility index (Phi) is 5.15. The van der Waals surface area contributed by atoms with Crippen molar-refractivity contribution in [2.45, 2.75) is 13.3 Å². The van der Waals surface area contributed by atoms with Gasteiger partial charge in [-0.2, -0.15) is 5.26 Å². The van der Waals surface area contributed by atoms with Crippen molar-refractivity contribution in [3.05, 3.63) is 77.9 Å². The summed E-state index contributed by atoms with van der Waals surface area (Å²) in [5.41, 5.74) is 2.25. The van der Waals surface area contributed by atoms with Crippen molar-refractivity contribution in [1.82, 2.24) is 0 Å². The summed E-state index contributed by atoms with van der Waals surface area (Å²) in [7, 11) is 0. The number of benzene rings is 1. The molecule has 0 spiro atoms. The molecule has 1 aliphatic rings. The van der Waals surface area contributed by atoms with E-state index >= 15 is 0 Å². The zero-order valence-corrected chi connectivity index (χ0v) is 11.7. The number of nitriles is 1. The first kappa shape index (κ1) is 14.1. The summed E-state index contributed by atoms with van der Waals surface area (Å²) in [6, 6.07) is 10.3. The second kappa shape index (κ2) is 7.31. The van der Waals surface area contributed by atoms with Crippen LogP contribution < -0.4 is 0 Å². The molecule has 1 atom stereocenters. The molecule has 1 aliphatic carbocycles. The molecule has 0 saturated heterocycles. The predicted molar refractivity (Wildman–Crippen MR) is 84.9 cm³/mol. The molecule has 0 N–H and O–H groups in total. The monoisotopic (exact) mass is 261 g/mol. The smallest absolute Gasteiger partial charge is 0.0669 e. The third-order valence-electron chi connectivity index (χ3n) is 3.46. The summed E-state index contributed by atoms with van der Waals surface area (Å²) in [4.78, 5) is 0. The van der Waals surface area contributed by atoms with Gasteiger partial charge >= 0.3 is 0 Å². The van der Waals surface area contributed by atoms with Crippen LogP contribution in [0.4, 0.5) is 0 Å². The van der Waals surface area contributed by atoms with Crippen LogP contribution >= 0.6 is 0 Å². The third-order valence-corrected chi connectivity index (χ3v) is 3.46. The van der Waals surface area contributed by atoms with Gasteiger partial charge in [0.25, 0.3) is 0 Å². The van der Waals surface area contributed by atoms with Crippen molar-refractivity contribution in [2.75, 3.05) is 0 Å². The molecule has 0 amide bonds.